The van der Waals surface area contributed by atoms with Crippen LogP contribution < -0.4 is 10.1 Å². The van der Waals surface area contributed by atoms with Crippen LogP contribution in [0, 0.1) is 5.92 Å². The second-order valence-electron chi connectivity index (χ2n) is 6.09. The van der Waals surface area contributed by atoms with Crippen molar-refractivity contribution in [3.63, 3.8) is 0 Å². The van der Waals surface area contributed by atoms with Gasteiger partial charge in [0.1, 0.15) is 12.4 Å². The highest BCUT2D eigenvalue weighted by Crippen LogP contribution is 2.17. The summed E-state index contributed by atoms with van der Waals surface area (Å²) in [7, 11) is 0. The second kappa shape index (κ2) is 10.1. The maximum Gasteiger partial charge on any atom is 0.338 e. The molecule has 25 heavy (non-hydrogen) atoms. The molecule has 1 saturated heterocycles. The van der Waals surface area contributed by atoms with Crippen molar-refractivity contribution in [3.8, 4) is 5.75 Å². The first-order valence-corrected chi connectivity index (χ1v) is 8.46. The fourth-order valence-electron chi connectivity index (χ4n) is 2.76. The molecule has 134 valence electrons. The zero-order chi connectivity index (χ0) is 16.6. The van der Waals surface area contributed by atoms with E-state index in [0.29, 0.717) is 11.5 Å². The van der Waals surface area contributed by atoms with Gasteiger partial charge in [-0.05, 0) is 61.7 Å². The Labute approximate surface area is 154 Å². The quantitative estimate of drug-likeness (QED) is 0.794. The summed E-state index contributed by atoms with van der Waals surface area (Å²) in [6.45, 7) is 3.16. The van der Waals surface area contributed by atoms with Gasteiger partial charge in [0.05, 0.1) is 12.2 Å². The summed E-state index contributed by atoms with van der Waals surface area (Å²) >= 11 is 0. The molecule has 1 aliphatic rings. The van der Waals surface area contributed by atoms with Gasteiger partial charge in [0.25, 0.3) is 0 Å². The van der Waals surface area contributed by atoms with Gasteiger partial charge in [-0.1, -0.05) is 30.3 Å². The first kappa shape index (κ1) is 19.3. The molecule has 0 saturated carbocycles. The van der Waals surface area contributed by atoms with Crippen molar-refractivity contribution in [2.24, 2.45) is 5.92 Å². The maximum atomic E-state index is 12.1. The van der Waals surface area contributed by atoms with Gasteiger partial charge in [-0.3, -0.25) is 0 Å². The average molecular weight is 362 g/mol. The van der Waals surface area contributed by atoms with E-state index in [2.05, 4.69) is 5.32 Å². The van der Waals surface area contributed by atoms with Crippen LogP contribution in [-0.2, 0) is 11.3 Å². The van der Waals surface area contributed by atoms with E-state index in [1.54, 1.807) is 12.1 Å². The van der Waals surface area contributed by atoms with E-state index in [-0.39, 0.29) is 25.0 Å². The molecule has 0 unspecified atom stereocenters. The SMILES string of the molecule is Cl.O=C(OCc1ccccc1)c1ccc(OCC2CCNCC2)cc1. The molecule has 2 aromatic rings. The van der Waals surface area contributed by atoms with Gasteiger partial charge in [0.15, 0.2) is 0 Å². The van der Waals surface area contributed by atoms with Crippen LogP contribution in [0.1, 0.15) is 28.8 Å². The van der Waals surface area contributed by atoms with Crippen molar-refractivity contribution in [2.75, 3.05) is 19.7 Å². The maximum absolute atomic E-state index is 12.1. The Balaban J connectivity index is 0.00000225. The molecule has 5 heteroatoms. The minimum Gasteiger partial charge on any atom is -0.493 e. The first-order chi connectivity index (χ1) is 11.8. The molecule has 1 N–H and O–H groups in total. The van der Waals surface area contributed by atoms with Crippen molar-refractivity contribution in [2.45, 2.75) is 19.4 Å². The van der Waals surface area contributed by atoms with Gasteiger partial charge in [-0.15, -0.1) is 12.4 Å². The van der Waals surface area contributed by atoms with Crippen LogP contribution in [0.4, 0.5) is 0 Å². The van der Waals surface area contributed by atoms with Crippen LogP contribution in [0.2, 0.25) is 0 Å². The fourth-order valence-corrected chi connectivity index (χ4v) is 2.76. The third kappa shape index (κ3) is 6.07. The standard InChI is InChI=1S/C20H23NO3.ClH/c22-20(24-15-16-4-2-1-3-5-16)18-6-8-19(9-7-18)23-14-17-10-12-21-13-11-17;/h1-9,17,21H,10-15H2;1H. The summed E-state index contributed by atoms with van der Waals surface area (Å²) in [5, 5.41) is 3.35. The number of esters is 1. The number of ether oxygens (including phenoxy) is 2. The summed E-state index contributed by atoms with van der Waals surface area (Å²) in [6.07, 6.45) is 2.31. The van der Waals surface area contributed by atoms with Gasteiger partial charge in [0, 0.05) is 0 Å². The van der Waals surface area contributed by atoms with Crippen LogP contribution in [0.5, 0.6) is 5.75 Å². The molecule has 0 radical (unpaired) electrons. The van der Waals surface area contributed by atoms with E-state index in [4.69, 9.17) is 9.47 Å². The lowest BCUT2D eigenvalue weighted by Gasteiger charge is -2.22. The molecule has 0 aliphatic carbocycles. The number of carbonyl (C=O) groups is 1. The Kier molecular flexibility index (Phi) is 7.76. The van der Waals surface area contributed by atoms with E-state index in [0.717, 1.165) is 43.9 Å². The smallest absolute Gasteiger partial charge is 0.338 e. The number of hydrogen-bond donors (Lipinski definition) is 1. The monoisotopic (exact) mass is 361 g/mol. The molecule has 3 rings (SSSR count). The molecule has 0 amide bonds. The molecule has 0 bridgehead atoms. The third-order valence-electron chi connectivity index (χ3n) is 4.25. The largest absolute Gasteiger partial charge is 0.493 e. The Morgan fingerprint density at radius 1 is 1.00 bits per heavy atom. The molecular formula is C20H24ClNO3. The number of nitrogens with one attached hydrogen (secondary N) is 1. The number of hydrogen-bond acceptors (Lipinski definition) is 4. The lowest BCUT2D eigenvalue weighted by molar-refractivity contribution is 0.0472. The predicted octanol–water partition coefficient (Wildman–Crippen LogP) is 3.84. The number of rotatable bonds is 6. The molecule has 1 aliphatic heterocycles. The summed E-state index contributed by atoms with van der Waals surface area (Å²) < 4.78 is 11.2. The summed E-state index contributed by atoms with van der Waals surface area (Å²) in [5.74, 6) is 1.10. The Morgan fingerprint density at radius 2 is 1.68 bits per heavy atom. The van der Waals surface area contributed by atoms with Gasteiger partial charge in [-0.25, -0.2) is 4.79 Å². The zero-order valence-electron chi connectivity index (χ0n) is 14.1. The van der Waals surface area contributed by atoms with Crippen LogP contribution in [0.25, 0.3) is 0 Å². The highest BCUT2D eigenvalue weighted by molar-refractivity contribution is 5.89. The number of benzene rings is 2. The molecule has 4 nitrogen and oxygen atoms in total. The van der Waals surface area contributed by atoms with Crippen molar-refractivity contribution in [3.05, 3.63) is 65.7 Å². The third-order valence-corrected chi connectivity index (χ3v) is 4.25. The first-order valence-electron chi connectivity index (χ1n) is 8.46. The topological polar surface area (TPSA) is 47.6 Å². The van der Waals surface area contributed by atoms with Gasteiger partial charge >= 0.3 is 5.97 Å². The molecular weight excluding hydrogens is 338 g/mol. The van der Waals surface area contributed by atoms with Crippen molar-refractivity contribution in [1.29, 1.82) is 0 Å². The van der Waals surface area contributed by atoms with Crippen LogP contribution in [-0.4, -0.2) is 25.7 Å². The van der Waals surface area contributed by atoms with E-state index in [1.165, 1.54) is 0 Å². The van der Waals surface area contributed by atoms with E-state index in [1.807, 2.05) is 42.5 Å². The van der Waals surface area contributed by atoms with Crippen LogP contribution in [0.15, 0.2) is 54.6 Å². The number of halogens is 1. The van der Waals surface area contributed by atoms with Gasteiger partial charge in [0.2, 0.25) is 0 Å². The Hall–Kier alpha value is -2.04. The summed E-state index contributed by atoms with van der Waals surface area (Å²) in [5.41, 5.74) is 1.52. The van der Waals surface area contributed by atoms with Crippen LogP contribution in [0.3, 0.4) is 0 Å². The predicted molar refractivity (Wildman–Crippen MR) is 100 cm³/mol. The fraction of sp³-hybridized carbons (Fsp3) is 0.350. The van der Waals surface area contributed by atoms with Gasteiger partial charge < -0.3 is 14.8 Å². The normalized spacial score (nSPS) is 14.4. The second-order valence-corrected chi connectivity index (χ2v) is 6.09. The Bertz CT molecular complexity index is 640. The van der Waals surface area contributed by atoms with Crippen LogP contribution >= 0.6 is 12.4 Å². The van der Waals surface area contributed by atoms with E-state index in [9.17, 15) is 4.79 Å². The van der Waals surface area contributed by atoms with Crippen molar-refractivity contribution >= 4 is 18.4 Å². The Morgan fingerprint density at radius 3 is 2.36 bits per heavy atom. The lowest BCUT2D eigenvalue weighted by atomic mass is 9.99. The highest BCUT2D eigenvalue weighted by Gasteiger charge is 2.14. The number of piperidine rings is 1. The molecule has 0 atom stereocenters. The molecule has 0 aromatic heterocycles. The van der Waals surface area contributed by atoms with Crippen molar-refractivity contribution < 1.29 is 14.3 Å². The molecule has 1 fully saturated rings. The lowest BCUT2D eigenvalue weighted by Crippen LogP contribution is -2.30. The average Bonchev–Trinajstić information content (AvgIpc) is 2.66. The number of carbonyl (C=O) groups excluding carboxylic acids is 1. The van der Waals surface area contributed by atoms with Crippen molar-refractivity contribution in [1.82, 2.24) is 5.32 Å². The van der Waals surface area contributed by atoms with E-state index >= 15 is 0 Å². The zero-order valence-corrected chi connectivity index (χ0v) is 15.0. The summed E-state index contributed by atoms with van der Waals surface area (Å²) in [4.78, 5) is 12.1. The minimum absolute atomic E-state index is 0. The highest BCUT2D eigenvalue weighted by atomic mass is 35.5. The molecule has 1 heterocycles. The molecule has 2 aromatic carbocycles. The summed E-state index contributed by atoms with van der Waals surface area (Å²) in [6, 6.07) is 16.8. The van der Waals surface area contributed by atoms with Gasteiger partial charge in [-0.2, -0.15) is 0 Å². The minimum atomic E-state index is -0.316. The van der Waals surface area contributed by atoms with E-state index < -0.39 is 0 Å². The molecule has 0 spiro atoms.